The minimum absolute atomic E-state index is 0.262. The molecule has 0 fully saturated rings. The van der Waals surface area contributed by atoms with Crippen LogP contribution in [0.2, 0.25) is 0 Å². The van der Waals surface area contributed by atoms with E-state index in [0.717, 1.165) is 34.0 Å². The molecule has 0 spiro atoms. The van der Waals surface area contributed by atoms with Crippen LogP contribution < -0.4 is 5.56 Å². The summed E-state index contributed by atoms with van der Waals surface area (Å²) >= 11 is 2.41. The van der Waals surface area contributed by atoms with Gasteiger partial charge >= 0.3 is 5.97 Å². The maximum absolute atomic E-state index is 12.7. The summed E-state index contributed by atoms with van der Waals surface area (Å²) in [6, 6.07) is 18.2. The van der Waals surface area contributed by atoms with Crippen LogP contribution >= 0.6 is 23.1 Å². The van der Waals surface area contributed by atoms with Crippen molar-refractivity contribution in [2.24, 2.45) is 0 Å². The molecule has 0 atom stereocenters. The molecule has 5 nitrogen and oxygen atoms in total. The molecule has 0 amide bonds. The topological polar surface area (TPSA) is 83.0 Å². The monoisotopic (exact) mass is 422 g/mol. The van der Waals surface area contributed by atoms with Gasteiger partial charge in [0.05, 0.1) is 5.39 Å². The van der Waals surface area contributed by atoms with E-state index in [1.807, 2.05) is 47.8 Å². The highest BCUT2D eigenvalue weighted by molar-refractivity contribution is 8.01. The fraction of sp³-hybridized carbons (Fsp3) is 0.136. The van der Waals surface area contributed by atoms with Gasteiger partial charge in [0.25, 0.3) is 5.56 Å². The second-order valence-corrected chi connectivity index (χ2v) is 9.53. The van der Waals surface area contributed by atoms with E-state index in [0.29, 0.717) is 15.4 Å². The Morgan fingerprint density at radius 3 is 2.31 bits per heavy atom. The van der Waals surface area contributed by atoms with Gasteiger partial charge in [-0.2, -0.15) is 0 Å². The van der Waals surface area contributed by atoms with Crippen molar-refractivity contribution in [2.45, 2.75) is 23.8 Å². The number of H-pyrrole nitrogens is 1. The molecule has 146 valence electrons. The van der Waals surface area contributed by atoms with Crippen molar-refractivity contribution in [3.8, 4) is 22.3 Å². The van der Waals surface area contributed by atoms with E-state index in [-0.39, 0.29) is 5.56 Å². The number of aliphatic carboxylic acids is 1. The minimum Gasteiger partial charge on any atom is -0.480 e. The molecule has 4 rings (SSSR count). The van der Waals surface area contributed by atoms with Crippen molar-refractivity contribution in [1.82, 2.24) is 9.97 Å². The highest BCUT2D eigenvalue weighted by Gasteiger charge is 2.30. The lowest BCUT2D eigenvalue weighted by Gasteiger charge is -2.16. The molecule has 29 heavy (non-hydrogen) atoms. The third-order valence-electron chi connectivity index (χ3n) is 4.59. The summed E-state index contributed by atoms with van der Waals surface area (Å²) < 4.78 is -1.09. The number of benzene rings is 2. The lowest BCUT2D eigenvalue weighted by Crippen LogP contribution is -2.27. The number of thiophene rings is 1. The fourth-order valence-electron chi connectivity index (χ4n) is 2.95. The van der Waals surface area contributed by atoms with E-state index in [1.165, 1.54) is 11.3 Å². The van der Waals surface area contributed by atoms with Crippen molar-refractivity contribution in [1.29, 1.82) is 0 Å². The van der Waals surface area contributed by atoms with Gasteiger partial charge in [-0.3, -0.25) is 9.59 Å². The number of carbonyl (C=O) groups is 1. The number of carboxylic acids is 1. The number of aromatic nitrogens is 2. The Bertz CT molecular complexity index is 1240. The van der Waals surface area contributed by atoms with E-state index in [9.17, 15) is 14.7 Å². The first-order valence-corrected chi connectivity index (χ1v) is 10.6. The average molecular weight is 423 g/mol. The molecule has 0 saturated carbocycles. The number of nitrogens with one attached hydrogen (secondary N) is 1. The van der Waals surface area contributed by atoms with Gasteiger partial charge in [0.1, 0.15) is 9.58 Å². The molecule has 0 radical (unpaired) electrons. The Hall–Kier alpha value is -2.90. The summed E-state index contributed by atoms with van der Waals surface area (Å²) in [5.74, 6) is -0.962. The number of nitrogens with zero attached hydrogens (tertiary/aromatic N) is 1. The third-order valence-corrected chi connectivity index (χ3v) is 6.54. The first-order valence-electron chi connectivity index (χ1n) is 8.95. The van der Waals surface area contributed by atoms with Crippen LogP contribution in [-0.2, 0) is 4.79 Å². The maximum Gasteiger partial charge on any atom is 0.319 e. The van der Waals surface area contributed by atoms with Crippen LogP contribution in [0.4, 0.5) is 0 Å². The Balaban J connectivity index is 1.71. The first kappa shape index (κ1) is 19.4. The maximum atomic E-state index is 12.7. The number of aromatic amines is 1. The molecule has 2 N–H and O–H groups in total. The number of rotatable bonds is 5. The summed E-state index contributed by atoms with van der Waals surface area (Å²) in [5.41, 5.74) is 3.75. The summed E-state index contributed by atoms with van der Waals surface area (Å²) in [6.45, 7) is 3.16. The molecule has 0 aliphatic carbocycles. The van der Waals surface area contributed by atoms with Gasteiger partial charge in [0.15, 0.2) is 5.16 Å². The average Bonchev–Trinajstić information content (AvgIpc) is 3.13. The van der Waals surface area contributed by atoms with E-state index >= 15 is 0 Å². The predicted molar refractivity (Wildman–Crippen MR) is 119 cm³/mol. The zero-order chi connectivity index (χ0) is 20.6. The Morgan fingerprint density at radius 1 is 1.03 bits per heavy atom. The summed E-state index contributed by atoms with van der Waals surface area (Å²) in [5, 5.41) is 12.1. The third kappa shape index (κ3) is 3.83. The van der Waals surface area contributed by atoms with Crippen LogP contribution in [0.15, 0.2) is 69.9 Å². The summed E-state index contributed by atoms with van der Waals surface area (Å²) in [7, 11) is 0. The summed E-state index contributed by atoms with van der Waals surface area (Å²) in [6.07, 6.45) is 0. The molecule has 2 aromatic heterocycles. The van der Waals surface area contributed by atoms with Crippen LogP contribution in [0.3, 0.4) is 0 Å². The van der Waals surface area contributed by atoms with Crippen molar-refractivity contribution in [3.05, 3.63) is 70.3 Å². The smallest absolute Gasteiger partial charge is 0.319 e. The van der Waals surface area contributed by atoms with Crippen molar-refractivity contribution in [2.75, 3.05) is 0 Å². The summed E-state index contributed by atoms with van der Waals surface area (Å²) in [4.78, 5) is 31.9. The largest absolute Gasteiger partial charge is 0.480 e. The lowest BCUT2D eigenvalue weighted by molar-refractivity contribution is -0.138. The number of fused-ring (bicyclic) bond motifs is 1. The van der Waals surface area contributed by atoms with Gasteiger partial charge in [0.2, 0.25) is 0 Å². The zero-order valence-corrected chi connectivity index (χ0v) is 17.4. The van der Waals surface area contributed by atoms with Gasteiger partial charge in [-0.25, -0.2) is 4.98 Å². The zero-order valence-electron chi connectivity index (χ0n) is 15.8. The minimum atomic E-state index is -1.09. The van der Waals surface area contributed by atoms with Gasteiger partial charge in [-0.15, -0.1) is 11.3 Å². The molecule has 0 saturated heterocycles. The van der Waals surface area contributed by atoms with Gasteiger partial charge in [-0.1, -0.05) is 66.4 Å². The van der Waals surface area contributed by atoms with E-state index in [4.69, 9.17) is 0 Å². The molecule has 0 aliphatic heterocycles. The van der Waals surface area contributed by atoms with Crippen molar-refractivity contribution in [3.63, 3.8) is 0 Å². The number of thioether (sulfide) groups is 1. The predicted octanol–water partition coefficient (Wildman–Crippen LogP) is 5.27. The molecular weight excluding hydrogens is 404 g/mol. The standard InChI is InChI=1S/C22H18N2O3S2/c1-22(2,20(26)27)29-21-23-18(25)17-16(12-28-19(17)24-21)15-10-8-14(9-11-15)13-6-4-3-5-7-13/h3-12H,1-2H3,(H,26,27)(H,23,24,25). The second-order valence-electron chi connectivity index (χ2n) is 7.06. The highest BCUT2D eigenvalue weighted by Crippen LogP contribution is 2.35. The van der Waals surface area contributed by atoms with Crippen LogP contribution in [0.5, 0.6) is 0 Å². The van der Waals surface area contributed by atoms with Crippen LogP contribution in [-0.4, -0.2) is 25.8 Å². The van der Waals surface area contributed by atoms with Crippen molar-refractivity contribution >= 4 is 39.3 Å². The Kier molecular flexibility index (Phi) is 5.02. The van der Waals surface area contributed by atoms with Gasteiger partial charge in [0, 0.05) is 10.9 Å². The molecule has 4 aromatic rings. The number of carboxylic acid groups (broad SMARTS) is 1. The van der Waals surface area contributed by atoms with E-state index in [1.54, 1.807) is 13.8 Å². The SMILES string of the molecule is CC(C)(Sc1nc2scc(-c3ccc(-c4ccccc4)cc3)c2c(=O)[nH]1)C(=O)O. The highest BCUT2D eigenvalue weighted by atomic mass is 32.2. The quantitative estimate of drug-likeness (QED) is 0.338. The molecule has 7 heteroatoms. The van der Waals surface area contributed by atoms with Crippen molar-refractivity contribution < 1.29 is 9.90 Å². The van der Waals surface area contributed by atoms with Gasteiger partial charge < -0.3 is 10.1 Å². The number of hydrogen-bond donors (Lipinski definition) is 2. The first-order chi connectivity index (χ1) is 13.8. The molecule has 0 unspecified atom stereocenters. The normalized spacial score (nSPS) is 11.7. The Morgan fingerprint density at radius 2 is 1.66 bits per heavy atom. The van der Waals surface area contributed by atoms with E-state index < -0.39 is 10.7 Å². The second kappa shape index (κ2) is 7.50. The van der Waals surface area contributed by atoms with E-state index in [2.05, 4.69) is 22.1 Å². The fourth-order valence-corrected chi connectivity index (χ4v) is 4.81. The molecular formula is C22H18N2O3S2. The lowest BCUT2D eigenvalue weighted by atomic mass is 10.0. The van der Waals surface area contributed by atoms with Crippen LogP contribution in [0.1, 0.15) is 13.8 Å². The number of hydrogen-bond acceptors (Lipinski definition) is 5. The molecule has 0 aliphatic rings. The molecule has 2 heterocycles. The van der Waals surface area contributed by atoms with Crippen LogP contribution in [0.25, 0.3) is 32.5 Å². The van der Waals surface area contributed by atoms with Gasteiger partial charge in [-0.05, 0) is 30.5 Å². The van der Waals surface area contributed by atoms with Crippen LogP contribution in [0, 0.1) is 0 Å². The Labute approximate surface area is 175 Å². The molecule has 0 bridgehead atoms. The molecule has 2 aromatic carbocycles.